The van der Waals surface area contributed by atoms with Crippen molar-refractivity contribution < 1.29 is 14.3 Å². The van der Waals surface area contributed by atoms with Crippen molar-refractivity contribution in [1.29, 1.82) is 0 Å². The molecule has 0 spiro atoms. The van der Waals surface area contributed by atoms with Crippen molar-refractivity contribution >= 4 is 18.6 Å². The first-order valence-corrected chi connectivity index (χ1v) is 4.78. The molecule has 0 aromatic carbocycles. The molecule has 0 N–H and O–H groups in total. The van der Waals surface area contributed by atoms with E-state index in [1.165, 1.54) is 0 Å². The van der Waals surface area contributed by atoms with Crippen LogP contribution in [0.15, 0.2) is 0 Å². The van der Waals surface area contributed by atoms with Crippen LogP contribution in [0.5, 0.6) is 0 Å². The van der Waals surface area contributed by atoms with Crippen LogP contribution in [0.1, 0.15) is 19.8 Å². The molecule has 0 rings (SSSR count). The quantitative estimate of drug-likeness (QED) is 0.375. The van der Waals surface area contributed by atoms with Crippen LogP contribution in [0.2, 0.25) is 0 Å². The first-order chi connectivity index (χ1) is 5.81. The van der Waals surface area contributed by atoms with Crippen LogP contribution in [0.3, 0.4) is 0 Å². The molecule has 3 nitrogen and oxygen atoms in total. The normalized spacial score (nSPS) is 9.83. The molecule has 0 radical (unpaired) electrons. The molecule has 0 aliphatic heterocycles. The fourth-order valence-corrected chi connectivity index (χ4v) is 0.773. The summed E-state index contributed by atoms with van der Waals surface area (Å²) in [6, 6.07) is 0. The van der Waals surface area contributed by atoms with E-state index in [1.54, 1.807) is 0 Å². The highest BCUT2D eigenvalue weighted by Crippen LogP contribution is 1.92. The van der Waals surface area contributed by atoms with E-state index >= 15 is 0 Å². The van der Waals surface area contributed by atoms with Gasteiger partial charge >= 0.3 is 5.97 Å². The maximum absolute atomic E-state index is 10.6. The van der Waals surface area contributed by atoms with Gasteiger partial charge in [-0.1, -0.05) is 0 Å². The number of thiol groups is 1. The summed E-state index contributed by atoms with van der Waals surface area (Å²) in [7, 11) is 0. The van der Waals surface area contributed by atoms with Crippen molar-refractivity contribution in [2.24, 2.45) is 0 Å². The lowest BCUT2D eigenvalue weighted by molar-refractivity contribution is -0.140. The summed E-state index contributed by atoms with van der Waals surface area (Å²) in [6.45, 7) is 3.93. The van der Waals surface area contributed by atoms with Gasteiger partial charge in [0.05, 0.1) is 12.4 Å². The Morgan fingerprint density at radius 1 is 1.33 bits per heavy atom. The molecule has 0 saturated carbocycles. The van der Waals surface area contributed by atoms with Crippen molar-refractivity contribution in [2.75, 3.05) is 25.6 Å². The molecular weight excluding hydrogens is 176 g/mol. The molecule has 0 unspecified atom stereocenters. The van der Waals surface area contributed by atoms with Crippen molar-refractivity contribution in [1.82, 2.24) is 0 Å². The van der Waals surface area contributed by atoms with Gasteiger partial charge in [-0.15, -0.1) is 0 Å². The lowest BCUT2D eigenvalue weighted by Crippen LogP contribution is -2.07. The van der Waals surface area contributed by atoms with Crippen molar-refractivity contribution in [2.45, 2.75) is 19.8 Å². The van der Waals surface area contributed by atoms with Gasteiger partial charge in [0.1, 0.15) is 0 Å². The minimum atomic E-state index is -0.255. The van der Waals surface area contributed by atoms with E-state index in [-0.39, 0.29) is 11.7 Å². The summed E-state index contributed by atoms with van der Waals surface area (Å²) in [4.78, 5) is 10.6. The summed E-state index contributed by atoms with van der Waals surface area (Å²) in [5, 5.41) is 0. The van der Waals surface area contributed by atoms with E-state index in [0.29, 0.717) is 6.61 Å². The van der Waals surface area contributed by atoms with E-state index < -0.39 is 0 Å². The van der Waals surface area contributed by atoms with Crippen molar-refractivity contribution in [3.05, 3.63) is 0 Å². The van der Waals surface area contributed by atoms with Gasteiger partial charge in [0.15, 0.2) is 0 Å². The molecule has 4 heteroatoms. The Balaban J connectivity index is 2.95. The number of esters is 1. The van der Waals surface area contributed by atoms with Crippen LogP contribution in [0, 0.1) is 0 Å². The Bertz CT molecular complexity index is 117. The standard InChI is InChI=1S/C8H16O3S/c1-2-10-5-3-4-6-11-8(9)7-12/h12H,2-7H2,1H3. The summed E-state index contributed by atoms with van der Waals surface area (Å²) in [5.41, 5.74) is 0. The van der Waals surface area contributed by atoms with Gasteiger partial charge in [0, 0.05) is 13.2 Å². The van der Waals surface area contributed by atoms with E-state index in [9.17, 15) is 4.79 Å². The van der Waals surface area contributed by atoms with Crippen LogP contribution in [-0.4, -0.2) is 31.5 Å². The van der Waals surface area contributed by atoms with Gasteiger partial charge in [-0.05, 0) is 19.8 Å². The molecule has 0 fully saturated rings. The molecule has 0 saturated heterocycles. The third-order valence-electron chi connectivity index (χ3n) is 1.28. The first-order valence-electron chi connectivity index (χ1n) is 4.15. The molecule has 0 bridgehead atoms. The number of hydrogen-bond acceptors (Lipinski definition) is 4. The second-order valence-electron chi connectivity index (χ2n) is 2.28. The highest BCUT2D eigenvalue weighted by Gasteiger charge is 1.96. The average Bonchev–Trinajstić information content (AvgIpc) is 2.10. The number of hydrogen-bond donors (Lipinski definition) is 1. The van der Waals surface area contributed by atoms with Gasteiger partial charge in [-0.2, -0.15) is 12.6 Å². The highest BCUT2D eigenvalue weighted by atomic mass is 32.1. The maximum Gasteiger partial charge on any atom is 0.315 e. The molecule has 0 aliphatic carbocycles. The number of ether oxygens (including phenoxy) is 2. The monoisotopic (exact) mass is 192 g/mol. The summed E-state index contributed by atoms with van der Waals surface area (Å²) in [6.07, 6.45) is 1.80. The Hall–Kier alpha value is -0.220. The molecule has 0 aromatic rings. The van der Waals surface area contributed by atoms with E-state index in [0.717, 1.165) is 26.1 Å². The van der Waals surface area contributed by atoms with E-state index in [4.69, 9.17) is 9.47 Å². The number of carbonyl (C=O) groups is 1. The number of unbranched alkanes of at least 4 members (excludes halogenated alkanes) is 1. The third-order valence-corrected chi connectivity index (χ3v) is 1.54. The lowest BCUT2D eigenvalue weighted by Gasteiger charge is -2.02. The highest BCUT2D eigenvalue weighted by molar-refractivity contribution is 7.81. The van der Waals surface area contributed by atoms with Crippen LogP contribution < -0.4 is 0 Å². The largest absolute Gasteiger partial charge is 0.465 e. The molecule has 0 aliphatic rings. The maximum atomic E-state index is 10.6. The van der Waals surface area contributed by atoms with E-state index in [2.05, 4.69) is 12.6 Å². The fraction of sp³-hybridized carbons (Fsp3) is 0.875. The number of carbonyl (C=O) groups excluding carboxylic acids is 1. The fourth-order valence-electron chi connectivity index (χ4n) is 0.682. The zero-order valence-corrected chi connectivity index (χ0v) is 8.31. The Morgan fingerprint density at radius 2 is 2.00 bits per heavy atom. The zero-order chi connectivity index (χ0) is 9.23. The smallest absolute Gasteiger partial charge is 0.315 e. The molecule has 0 heterocycles. The minimum absolute atomic E-state index is 0.158. The first kappa shape index (κ1) is 11.8. The topological polar surface area (TPSA) is 35.5 Å². The van der Waals surface area contributed by atoms with Crippen molar-refractivity contribution in [3.8, 4) is 0 Å². The van der Waals surface area contributed by atoms with Crippen LogP contribution in [0.4, 0.5) is 0 Å². The predicted octanol–water partition coefficient (Wildman–Crippen LogP) is 1.28. The average molecular weight is 192 g/mol. The molecule has 72 valence electrons. The molecule has 12 heavy (non-hydrogen) atoms. The zero-order valence-electron chi connectivity index (χ0n) is 7.41. The van der Waals surface area contributed by atoms with Gasteiger partial charge in [-0.3, -0.25) is 4.79 Å². The third kappa shape index (κ3) is 7.88. The summed E-state index contributed by atoms with van der Waals surface area (Å²) >= 11 is 3.77. The van der Waals surface area contributed by atoms with Crippen LogP contribution >= 0.6 is 12.6 Å². The summed E-state index contributed by atoms with van der Waals surface area (Å²) in [5.74, 6) is -0.0967. The second-order valence-corrected chi connectivity index (χ2v) is 2.60. The number of rotatable bonds is 7. The summed E-state index contributed by atoms with van der Waals surface area (Å²) < 4.78 is 9.91. The second kappa shape index (κ2) is 8.87. The Labute approximate surface area is 78.8 Å². The molecule has 0 amide bonds. The Morgan fingerprint density at radius 3 is 2.58 bits per heavy atom. The minimum Gasteiger partial charge on any atom is -0.465 e. The predicted molar refractivity (Wildman–Crippen MR) is 50.5 cm³/mol. The van der Waals surface area contributed by atoms with Gasteiger partial charge in [-0.25, -0.2) is 0 Å². The van der Waals surface area contributed by atoms with Gasteiger partial charge < -0.3 is 9.47 Å². The van der Waals surface area contributed by atoms with E-state index in [1.807, 2.05) is 6.92 Å². The SMILES string of the molecule is CCOCCCCOC(=O)CS. The molecule has 0 aromatic heterocycles. The van der Waals surface area contributed by atoms with Crippen LogP contribution in [-0.2, 0) is 14.3 Å². The van der Waals surface area contributed by atoms with Crippen LogP contribution in [0.25, 0.3) is 0 Å². The van der Waals surface area contributed by atoms with Crippen molar-refractivity contribution in [3.63, 3.8) is 0 Å². The molecule has 0 atom stereocenters. The van der Waals surface area contributed by atoms with Gasteiger partial charge in [0.2, 0.25) is 0 Å². The lowest BCUT2D eigenvalue weighted by atomic mass is 10.3. The Kier molecular flexibility index (Phi) is 8.71. The van der Waals surface area contributed by atoms with Gasteiger partial charge in [0.25, 0.3) is 0 Å². The molecular formula is C8H16O3S.